The van der Waals surface area contributed by atoms with Crippen LogP contribution in [0.1, 0.15) is 0 Å². The first-order valence-corrected chi connectivity index (χ1v) is 0.775. The molecule has 9 N–H and O–H groups in total. The van der Waals surface area contributed by atoms with E-state index in [1.54, 1.807) is 0 Å². The molecule has 0 bridgehead atoms. The van der Waals surface area contributed by atoms with Crippen molar-refractivity contribution in [1.82, 2.24) is 0 Å². The largest absolute Gasteiger partial charge is 0.320 e. The Hall–Kier alpha value is 1.95. The van der Waals surface area contributed by atoms with Crippen LogP contribution in [0.15, 0.2) is 0 Å². The lowest BCUT2D eigenvalue weighted by Crippen LogP contribution is -1.72. The van der Waals surface area contributed by atoms with Gasteiger partial charge in [-0.1, -0.05) is 0 Å². The number of rotatable bonds is 0. The highest BCUT2D eigenvalue weighted by atomic mass is 127. The van der Waals surface area contributed by atoms with E-state index in [0.717, 1.165) is 0 Å². The first-order valence-electron chi connectivity index (χ1n) is 0.775. The number of hydrogen-bond donors (Lipinski definition) is 6. The van der Waals surface area contributed by atoms with Crippen molar-refractivity contribution in [2.24, 2.45) is 17.7 Å². The quantitative estimate of drug-likeness (QED) is 0.210. The van der Waals surface area contributed by atoms with E-state index >= 15 is 0 Å². The van der Waals surface area contributed by atoms with Crippen LogP contribution in [0.4, 0.5) is 0 Å². The summed E-state index contributed by atoms with van der Waals surface area (Å²) in [7, 11) is 0. The summed E-state index contributed by atoms with van der Waals surface area (Å²) in [6.07, 6.45) is 0. The molecule has 0 spiro atoms. The Bertz CT molecular complexity index is 14.3. The van der Waals surface area contributed by atoms with Crippen LogP contribution in [0.5, 0.6) is 0 Å². The van der Waals surface area contributed by atoms with Crippen molar-refractivity contribution in [1.29, 1.82) is 0 Å². The summed E-state index contributed by atoms with van der Waals surface area (Å²) in [5, 5.41) is 19.5. The first-order chi connectivity index (χ1) is 3.00. The van der Waals surface area contributed by atoms with Gasteiger partial charge in [0.2, 0.25) is 0 Å². The monoisotopic (exact) mass is 483 g/mol. The maximum atomic E-state index is 6.50. The van der Waals surface area contributed by atoms with Crippen molar-refractivity contribution in [3.8, 4) is 0 Å². The van der Waals surface area contributed by atoms with Crippen molar-refractivity contribution >= 4 is 71.9 Å². The Balaban J connectivity index is -0.00000000321. The molecule has 0 aromatic rings. The molecule has 0 aliphatic rings. The highest BCUT2D eigenvalue weighted by molar-refractivity contribution is 14.0. The molecule has 9 heavy (non-hydrogen) atoms. The van der Waals surface area contributed by atoms with Crippen LogP contribution in [-0.4, -0.2) is 15.6 Å². The Morgan fingerprint density at radius 1 is 0.444 bits per heavy atom. The molecule has 0 aliphatic carbocycles. The van der Waals surface area contributed by atoms with Gasteiger partial charge in [0.15, 0.2) is 0 Å². The van der Waals surface area contributed by atoms with Crippen LogP contribution in [0.2, 0.25) is 0 Å². The predicted octanol–water partition coefficient (Wildman–Crippen LogP) is -0.143. The maximum absolute atomic E-state index is 6.50. The second kappa shape index (κ2) is 210. The molecule has 66 valence electrons. The average molecular weight is 483 g/mol. The fourth-order valence-electron chi connectivity index (χ4n) is 0. The molecule has 0 atom stereocenters. The fraction of sp³-hybridized carbons (Fsp3) is 0. The van der Waals surface area contributed by atoms with E-state index in [1.807, 2.05) is 0 Å². The number of nitrogens with two attached hydrogens (primary N) is 3. The lowest BCUT2D eigenvalue weighted by atomic mass is 13.6. The Labute approximate surface area is 104 Å². The van der Waals surface area contributed by atoms with Crippen LogP contribution in [0, 0.1) is 0 Å². The van der Waals surface area contributed by atoms with E-state index in [-0.39, 0.29) is 71.9 Å². The van der Waals surface area contributed by atoms with Gasteiger partial charge in [0.25, 0.3) is 0 Å². The lowest BCUT2D eigenvalue weighted by Gasteiger charge is -1.27. The normalized spacial score (nSPS) is 2.00. The van der Waals surface area contributed by atoms with Crippen molar-refractivity contribution in [3.63, 3.8) is 0 Å². The molecule has 9 heteroatoms. The van der Waals surface area contributed by atoms with Gasteiger partial charge in [-0.05, 0) is 0 Å². The summed E-state index contributed by atoms with van der Waals surface area (Å²) >= 11 is 0. The van der Waals surface area contributed by atoms with Gasteiger partial charge in [-0.2, -0.15) is 0 Å². The summed E-state index contributed by atoms with van der Waals surface area (Å²) in [6, 6.07) is 0. The SMILES string of the molecule is I.I.I.NO.NO.NO. The molecule has 0 saturated heterocycles. The van der Waals surface area contributed by atoms with E-state index < -0.39 is 0 Å². The zero-order chi connectivity index (χ0) is 6.00. The van der Waals surface area contributed by atoms with E-state index in [2.05, 4.69) is 17.7 Å². The van der Waals surface area contributed by atoms with Gasteiger partial charge in [-0.3, -0.25) is 0 Å². The highest BCUT2D eigenvalue weighted by Gasteiger charge is 0.736. The van der Waals surface area contributed by atoms with Gasteiger partial charge in [-0.25, -0.2) is 17.7 Å². The average Bonchev–Trinajstić information content (AvgIpc) is 1.81. The minimum absolute atomic E-state index is 0. The van der Waals surface area contributed by atoms with Crippen LogP contribution in [0.3, 0.4) is 0 Å². The molecule has 0 heterocycles. The van der Waals surface area contributed by atoms with Gasteiger partial charge >= 0.3 is 0 Å². The van der Waals surface area contributed by atoms with E-state index in [9.17, 15) is 0 Å². The summed E-state index contributed by atoms with van der Waals surface area (Å²) < 4.78 is 0. The van der Waals surface area contributed by atoms with Gasteiger partial charge in [0.1, 0.15) is 0 Å². The summed E-state index contributed by atoms with van der Waals surface area (Å²) in [6.45, 7) is 0. The number of hydrogen-bond acceptors (Lipinski definition) is 6. The zero-order valence-corrected chi connectivity index (χ0v) is 11.3. The molecule has 0 fully saturated rings. The minimum Gasteiger partial charge on any atom is -0.320 e. The molecule has 6 nitrogen and oxygen atoms in total. The second-order valence-corrected chi connectivity index (χ2v) is 0. The Morgan fingerprint density at radius 2 is 0.444 bits per heavy atom. The van der Waals surface area contributed by atoms with Crippen molar-refractivity contribution < 1.29 is 15.6 Å². The molecular formula is H12I3N3O3. The van der Waals surface area contributed by atoms with E-state index in [0.29, 0.717) is 0 Å². The van der Waals surface area contributed by atoms with Crippen LogP contribution >= 0.6 is 71.9 Å². The lowest BCUT2D eigenvalue weighted by molar-refractivity contribution is 0.311. The second-order valence-electron chi connectivity index (χ2n) is 0. The van der Waals surface area contributed by atoms with Gasteiger partial charge < -0.3 is 15.6 Å². The maximum Gasteiger partial charge on any atom is -0.107 e. The summed E-state index contributed by atoms with van der Waals surface area (Å²) in [4.78, 5) is 0. The third-order valence-corrected chi connectivity index (χ3v) is 0. The van der Waals surface area contributed by atoms with Gasteiger partial charge in [-0.15, -0.1) is 71.9 Å². The van der Waals surface area contributed by atoms with E-state index in [4.69, 9.17) is 15.6 Å². The van der Waals surface area contributed by atoms with Crippen molar-refractivity contribution in [2.45, 2.75) is 0 Å². The third kappa shape index (κ3) is 165. The molecular weight excluding hydrogens is 471 g/mol. The highest BCUT2D eigenvalue weighted by Crippen LogP contribution is 0.888. The topological polar surface area (TPSA) is 139 Å². The van der Waals surface area contributed by atoms with Crippen LogP contribution in [-0.2, 0) is 0 Å². The molecule has 0 aromatic carbocycles. The van der Waals surface area contributed by atoms with Crippen molar-refractivity contribution in [3.05, 3.63) is 0 Å². The van der Waals surface area contributed by atoms with Gasteiger partial charge in [0.05, 0.1) is 0 Å². The molecule has 0 aromatic heterocycles. The Kier molecular flexibility index (Phi) is 1030. The summed E-state index contributed by atoms with van der Waals surface area (Å²) in [5.74, 6) is 10.5. The zero-order valence-electron chi connectivity index (χ0n) is 4.30. The van der Waals surface area contributed by atoms with Crippen molar-refractivity contribution in [2.75, 3.05) is 0 Å². The Morgan fingerprint density at radius 3 is 0.444 bits per heavy atom. The molecule has 0 saturated carbocycles. The van der Waals surface area contributed by atoms with Gasteiger partial charge in [0, 0.05) is 0 Å². The number of halogens is 3. The molecule has 0 aliphatic heterocycles. The smallest absolute Gasteiger partial charge is 0.107 e. The standard InChI is InChI=1S/3HI.3H3NO/c;;;3*1-2/h3*1H;3*2H,1H2. The van der Waals surface area contributed by atoms with E-state index in [1.165, 1.54) is 0 Å². The third-order valence-electron chi connectivity index (χ3n) is 0. The first kappa shape index (κ1) is 44.2. The molecule has 0 unspecified atom stereocenters. The predicted molar refractivity (Wildman–Crippen MR) is 64.2 cm³/mol. The summed E-state index contributed by atoms with van der Waals surface area (Å²) in [5.41, 5.74) is 0. The van der Waals surface area contributed by atoms with Crippen LogP contribution < -0.4 is 17.7 Å². The minimum atomic E-state index is 0. The fourth-order valence-corrected chi connectivity index (χ4v) is 0. The molecule has 0 radical (unpaired) electrons. The molecule has 0 amide bonds. The van der Waals surface area contributed by atoms with Crippen LogP contribution in [0.25, 0.3) is 0 Å². The molecule has 0 rings (SSSR count).